The first kappa shape index (κ1) is 17.4. The molecule has 1 aromatic heterocycles. The van der Waals surface area contributed by atoms with Gasteiger partial charge in [0.05, 0.1) is 30.9 Å². The molecule has 0 aliphatic carbocycles. The smallest absolute Gasteiger partial charge is 0.339 e. The van der Waals surface area contributed by atoms with Crippen molar-refractivity contribution in [3.8, 4) is 0 Å². The number of nitrogens with zero attached hydrogens (tertiary/aromatic N) is 3. The zero-order valence-corrected chi connectivity index (χ0v) is 13.7. The molecule has 1 aromatic rings. The van der Waals surface area contributed by atoms with Crippen molar-refractivity contribution in [1.29, 1.82) is 0 Å². The van der Waals surface area contributed by atoms with Gasteiger partial charge in [-0.2, -0.15) is 0 Å². The Morgan fingerprint density at radius 3 is 2.70 bits per heavy atom. The van der Waals surface area contributed by atoms with Gasteiger partial charge in [0.25, 0.3) is 5.91 Å². The summed E-state index contributed by atoms with van der Waals surface area (Å²) in [6.07, 6.45) is 2.87. The molecule has 0 unspecified atom stereocenters. The average molecular weight is 321 g/mol. The van der Waals surface area contributed by atoms with Crippen LogP contribution in [-0.4, -0.2) is 79.7 Å². The third kappa shape index (κ3) is 5.01. The topological polar surface area (TPSA) is 72.0 Å². The molecule has 0 radical (unpaired) electrons. The lowest BCUT2D eigenvalue weighted by atomic mass is 10.2. The molecule has 1 amide bonds. The minimum atomic E-state index is -0.467. The van der Waals surface area contributed by atoms with E-state index in [9.17, 15) is 9.59 Å². The van der Waals surface area contributed by atoms with Crippen LogP contribution in [0.2, 0.25) is 0 Å². The van der Waals surface area contributed by atoms with Gasteiger partial charge in [-0.25, -0.2) is 4.79 Å². The molecule has 1 fully saturated rings. The number of carbonyl (C=O) groups is 2. The van der Waals surface area contributed by atoms with E-state index in [1.54, 1.807) is 18.9 Å². The first-order valence-corrected chi connectivity index (χ1v) is 7.79. The van der Waals surface area contributed by atoms with E-state index in [1.165, 1.54) is 18.5 Å². The second kappa shape index (κ2) is 8.59. The zero-order valence-electron chi connectivity index (χ0n) is 13.7. The van der Waals surface area contributed by atoms with Gasteiger partial charge in [-0.3, -0.25) is 14.7 Å². The minimum absolute atomic E-state index is 0.156. The molecular formula is C16H23N3O4. The molecule has 0 spiro atoms. The summed E-state index contributed by atoms with van der Waals surface area (Å²) in [7, 11) is 1.75. The predicted octanol–water partition coefficient (Wildman–Crippen LogP) is 0.663. The van der Waals surface area contributed by atoms with Gasteiger partial charge in [0, 0.05) is 45.6 Å². The highest BCUT2D eigenvalue weighted by Gasteiger charge is 2.17. The quantitative estimate of drug-likeness (QED) is 0.717. The fraction of sp³-hybridized carbons (Fsp3) is 0.562. The Morgan fingerprint density at radius 1 is 1.30 bits per heavy atom. The van der Waals surface area contributed by atoms with E-state index in [0.29, 0.717) is 17.7 Å². The number of hydrogen-bond donors (Lipinski definition) is 0. The highest BCUT2D eigenvalue weighted by molar-refractivity contribution is 5.97. The monoisotopic (exact) mass is 321 g/mol. The molecule has 1 aliphatic rings. The molecule has 0 atom stereocenters. The zero-order chi connectivity index (χ0) is 16.7. The van der Waals surface area contributed by atoms with Crippen LogP contribution in [0, 0.1) is 0 Å². The number of likely N-dealkylation sites (N-methyl/N-ethyl adjacent to an activating group) is 1. The molecule has 1 aliphatic heterocycles. The van der Waals surface area contributed by atoms with E-state index >= 15 is 0 Å². The lowest BCUT2D eigenvalue weighted by molar-refractivity contribution is 0.0338. The molecule has 2 heterocycles. The Morgan fingerprint density at radius 2 is 2.00 bits per heavy atom. The van der Waals surface area contributed by atoms with Gasteiger partial charge in [-0.15, -0.1) is 0 Å². The predicted molar refractivity (Wildman–Crippen MR) is 84.4 cm³/mol. The third-order valence-electron chi connectivity index (χ3n) is 3.70. The molecule has 126 valence electrons. The molecule has 0 N–H and O–H groups in total. The summed E-state index contributed by atoms with van der Waals surface area (Å²) in [5, 5.41) is 0. The molecule has 2 rings (SSSR count). The second-order valence-electron chi connectivity index (χ2n) is 5.36. The Hall–Kier alpha value is -1.99. The van der Waals surface area contributed by atoms with Crippen molar-refractivity contribution in [3.05, 3.63) is 29.6 Å². The van der Waals surface area contributed by atoms with E-state index in [4.69, 9.17) is 9.47 Å². The van der Waals surface area contributed by atoms with E-state index in [2.05, 4.69) is 9.88 Å². The van der Waals surface area contributed by atoms with E-state index in [-0.39, 0.29) is 12.5 Å². The normalized spacial score (nSPS) is 15.2. The Balaban J connectivity index is 1.93. The van der Waals surface area contributed by atoms with Crippen molar-refractivity contribution < 1.29 is 19.1 Å². The number of carbonyl (C=O) groups excluding carboxylic acids is 2. The van der Waals surface area contributed by atoms with Crippen LogP contribution in [-0.2, 0) is 9.47 Å². The number of amides is 1. The van der Waals surface area contributed by atoms with Crippen LogP contribution in [0.4, 0.5) is 0 Å². The van der Waals surface area contributed by atoms with Crippen LogP contribution in [0.5, 0.6) is 0 Å². The summed E-state index contributed by atoms with van der Waals surface area (Å²) in [6.45, 7) is 6.70. The van der Waals surface area contributed by atoms with Crippen molar-refractivity contribution in [2.24, 2.45) is 0 Å². The van der Waals surface area contributed by atoms with E-state index in [0.717, 1.165) is 32.8 Å². The fourth-order valence-corrected chi connectivity index (χ4v) is 2.32. The molecule has 0 bridgehead atoms. The number of rotatable bonds is 6. The minimum Gasteiger partial charge on any atom is -0.462 e. The highest BCUT2D eigenvalue weighted by Crippen LogP contribution is 2.08. The largest absolute Gasteiger partial charge is 0.462 e. The van der Waals surface area contributed by atoms with Crippen LogP contribution in [0.15, 0.2) is 18.5 Å². The molecule has 23 heavy (non-hydrogen) atoms. The maximum atomic E-state index is 12.4. The average Bonchev–Trinajstić information content (AvgIpc) is 2.60. The van der Waals surface area contributed by atoms with Crippen LogP contribution in [0.3, 0.4) is 0 Å². The summed E-state index contributed by atoms with van der Waals surface area (Å²) >= 11 is 0. The Bertz CT molecular complexity index is 544. The molecular weight excluding hydrogens is 298 g/mol. The second-order valence-corrected chi connectivity index (χ2v) is 5.36. The van der Waals surface area contributed by atoms with Gasteiger partial charge in [0.15, 0.2) is 0 Å². The third-order valence-corrected chi connectivity index (χ3v) is 3.70. The summed E-state index contributed by atoms with van der Waals surface area (Å²) in [5.74, 6) is -0.623. The van der Waals surface area contributed by atoms with Gasteiger partial charge in [0.2, 0.25) is 0 Å². The van der Waals surface area contributed by atoms with Crippen molar-refractivity contribution in [2.75, 3.05) is 53.0 Å². The van der Waals surface area contributed by atoms with Gasteiger partial charge in [0.1, 0.15) is 0 Å². The SMILES string of the molecule is CCOC(=O)c1cncc(C(=O)N(C)CCN2CCOCC2)c1. The first-order valence-electron chi connectivity index (χ1n) is 7.79. The lowest BCUT2D eigenvalue weighted by Crippen LogP contribution is -2.42. The van der Waals surface area contributed by atoms with Gasteiger partial charge in [-0.1, -0.05) is 0 Å². The number of morpholine rings is 1. The van der Waals surface area contributed by atoms with Crippen molar-refractivity contribution in [2.45, 2.75) is 6.92 Å². The van der Waals surface area contributed by atoms with Crippen LogP contribution < -0.4 is 0 Å². The molecule has 0 saturated carbocycles. The van der Waals surface area contributed by atoms with Gasteiger partial charge in [-0.05, 0) is 13.0 Å². The Kier molecular flexibility index (Phi) is 6.49. The van der Waals surface area contributed by atoms with Gasteiger partial charge < -0.3 is 14.4 Å². The molecule has 1 saturated heterocycles. The first-order chi connectivity index (χ1) is 11.1. The maximum absolute atomic E-state index is 12.4. The fourth-order valence-electron chi connectivity index (χ4n) is 2.32. The summed E-state index contributed by atoms with van der Waals surface area (Å²) in [6, 6.07) is 1.53. The molecule has 7 nitrogen and oxygen atoms in total. The van der Waals surface area contributed by atoms with Crippen LogP contribution in [0.1, 0.15) is 27.6 Å². The molecule has 7 heteroatoms. The summed E-state index contributed by atoms with van der Waals surface area (Å²) in [5.41, 5.74) is 0.680. The maximum Gasteiger partial charge on any atom is 0.339 e. The standard InChI is InChI=1S/C16H23N3O4/c1-3-23-16(21)14-10-13(11-17-12-14)15(20)18(2)4-5-19-6-8-22-9-7-19/h10-12H,3-9H2,1-2H3. The summed E-state index contributed by atoms with van der Waals surface area (Å²) < 4.78 is 10.2. The number of pyridine rings is 1. The number of aromatic nitrogens is 1. The van der Waals surface area contributed by atoms with E-state index in [1.807, 2.05) is 0 Å². The number of ether oxygens (including phenoxy) is 2. The van der Waals surface area contributed by atoms with Crippen LogP contribution in [0.25, 0.3) is 0 Å². The lowest BCUT2D eigenvalue weighted by Gasteiger charge is -2.28. The number of esters is 1. The summed E-state index contributed by atoms with van der Waals surface area (Å²) in [4.78, 5) is 32.0. The number of hydrogen-bond acceptors (Lipinski definition) is 6. The van der Waals surface area contributed by atoms with Crippen molar-refractivity contribution >= 4 is 11.9 Å². The van der Waals surface area contributed by atoms with E-state index < -0.39 is 5.97 Å². The van der Waals surface area contributed by atoms with Gasteiger partial charge >= 0.3 is 5.97 Å². The highest BCUT2D eigenvalue weighted by atomic mass is 16.5. The van der Waals surface area contributed by atoms with Crippen LogP contribution >= 0.6 is 0 Å². The Labute approximate surface area is 136 Å². The molecule has 0 aromatic carbocycles. The van der Waals surface area contributed by atoms with Crippen molar-refractivity contribution in [3.63, 3.8) is 0 Å². The van der Waals surface area contributed by atoms with Crippen molar-refractivity contribution in [1.82, 2.24) is 14.8 Å².